The molecular weight excluding hydrogens is 331 g/mol. The lowest BCUT2D eigenvalue weighted by Crippen LogP contribution is -2.14. The molecule has 0 amide bonds. The Bertz CT molecular complexity index is 693. The minimum Gasteiger partial charge on any atom is -0.207 e. The van der Waals surface area contributed by atoms with Crippen LogP contribution in [0.3, 0.4) is 0 Å². The van der Waals surface area contributed by atoms with E-state index in [1.807, 2.05) is 0 Å². The first-order valence-electron chi connectivity index (χ1n) is 11.1. The van der Waals surface area contributed by atoms with Crippen LogP contribution in [0.2, 0.25) is 0 Å². The molecule has 1 aliphatic carbocycles. The Kier molecular flexibility index (Phi) is 7.50. The molecule has 0 unspecified atom stereocenters. The van der Waals surface area contributed by atoms with Gasteiger partial charge in [-0.1, -0.05) is 69.5 Å². The van der Waals surface area contributed by atoms with Crippen LogP contribution < -0.4 is 0 Å². The molecule has 0 saturated heterocycles. The highest BCUT2D eigenvalue weighted by Gasteiger charge is 2.23. The van der Waals surface area contributed by atoms with Crippen molar-refractivity contribution in [3.05, 3.63) is 70.5 Å². The molecule has 0 spiro atoms. The number of aryl methyl sites for hydroxylation is 3. The molecule has 0 bridgehead atoms. The smallest absolute Gasteiger partial charge is 0.126 e. The Hall–Kier alpha value is -1.63. The number of rotatable bonds is 8. The van der Waals surface area contributed by atoms with Crippen molar-refractivity contribution in [3.8, 4) is 0 Å². The molecule has 3 rings (SSSR count). The summed E-state index contributed by atoms with van der Waals surface area (Å²) >= 11 is 0. The number of benzene rings is 2. The Balaban J connectivity index is 1.55. The average Bonchev–Trinajstić information content (AvgIpc) is 2.69. The van der Waals surface area contributed by atoms with Crippen LogP contribution in [0.5, 0.6) is 0 Å². The lowest BCUT2D eigenvalue weighted by atomic mass is 9.77. The van der Waals surface area contributed by atoms with E-state index in [-0.39, 0.29) is 5.82 Å². The predicted molar refractivity (Wildman–Crippen MR) is 114 cm³/mol. The van der Waals surface area contributed by atoms with Gasteiger partial charge in [0.25, 0.3) is 0 Å². The van der Waals surface area contributed by atoms with Gasteiger partial charge in [-0.05, 0) is 85.1 Å². The number of hydrogen-bond donors (Lipinski definition) is 0. The summed E-state index contributed by atoms with van der Waals surface area (Å²) in [7, 11) is 0. The van der Waals surface area contributed by atoms with Gasteiger partial charge in [0.15, 0.2) is 0 Å². The van der Waals surface area contributed by atoms with E-state index in [0.717, 1.165) is 49.1 Å². The molecule has 1 saturated carbocycles. The molecule has 0 nitrogen and oxygen atoms in total. The lowest BCUT2D eigenvalue weighted by molar-refractivity contribution is 0.304. The van der Waals surface area contributed by atoms with Crippen LogP contribution in [0.15, 0.2) is 42.5 Å². The second kappa shape index (κ2) is 10.1. The molecule has 0 aliphatic heterocycles. The molecule has 2 aromatic carbocycles. The van der Waals surface area contributed by atoms with Crippen molar-refractivity contribution >= 4 is 0 Å². The van der Waals surface area contributed by atoms with E-state index in [9.17, 15) is 4.39 Å². The van der Waals surface area contributed by atoms with Crippen LogP contribution in [0.25, 0.3) is 0 Å². The Morgan fingerprint density at radius 1 is 0.741 bits per heavy atom. The zero-order valence-electron chi connectivity index (χ0n) is 17.1. The molecule has 0 heterocycles. The summed E-state index contributed by atoms with van der Waals surface area (Å²) in [5.74, 6) is 1.32. The van der Waals surface area contributed by atoms with Gasteiger partial charge in [0.2, 0.25) is 0 Å². The molecule has 0 N–H and O–H groups in total. The standard InChI is InChI=1S/C26H35F/c1-3-5-20-7-9-22(10-8-20)11-12-23-15-18-25(26(27)19-23)24-16-13-21(6-4-2)14-17-24/h7-10,15,18-19,21,24H,3-6,11-14,16-17H2,1-2H3. The minimum atomic E-state index is 0.0183. The third-order valence-corrected chi connectivity index (χ3v) is 6.31. The van der Waals surface area contributed by atoms with Gasteiger partial charge in [0.1, 0.15) is 5.82 Å². The Morgan fingerprint density at radius 2 is 1.33 bits per heavy atom. The van der Waals surface area contributed by atoms with Crippen molar-refractivity contribution in [2.75, 3.05) is 0 Å². The van der Waals surface area contributed by atoms with Crippen LogP contribution in [0.4, 0.5) is 4.39 Å². The van der Waals surface area contributed by atoms with Gasteiger partial charge in [0.05, 0.1) is 0 Å². The summed E-state index contributed by atoms with van der Waals surface area (Å²) in [4.78, 5) is 0. The highest BCUT2D eigenvalue weighted by atomic mass is 19.1. The second-order valence-corrected chi connectivity index (χ2v) is 8.43. The molecule has 1 fully saturated rings. The van der Waals surface area contributed by atoms with E-state index < -0.39 is 0 Å². The van der Waals surface area contributed by atoms with Gasteiger partial charge in [-0.3, -0.25) is 0 Å². The maximum atomic E-state index is 14.7. The molecule has 2 aromatic rings. The van der Waals surface area contributed by atoms with Gasteiger partial charge in [-0.25, -0.2) is 4.39 Å². The largest absolute Gasteiger partial charge is 0.207 e. The SMILES string of the molecule is CCCc1ccc(CCc2ccc(C3CCC(CCC)CC3)c(F)c2)cc1. The van der Waals surface area contributed by atoms with E-state index in [1.54, 1.807) is 6.07 Å². The summed E-state index contributed by atoms with van der Waals surface area (Å²) in [6, 6.07) is 14.9. The van der Waals surface area contributed by atoms with E-state index in [0.29, 0.717) is 5.92 Å². The summed E-state index contributed by atoms with van der Waals surface area (Å²) in [6.07, 6.45) is 11.7. The molecule has 1 aliphatic rings. The Labute approximate surface area is 165 Å². The quantitative estimate of drug-likeness (QED) is 0.450. The van der Waals surface area contributed by atoms with Gasteiger partial charge in [0, 0.05) is 0 Å². The fraction of sp³-hybridized carbons (Fsp3) is 0.538. The van der Waals surface area contributed by atoms with Crippen molar-refractivity contribution in [2.24, 2.45) is 5.92 Å². The van der Waals surface area contributed by atoms with Gasteiger partial charge < -0.3 is 0 Å². The van der Waals surface area contributed by atoms with Crippen molar-refractivity contribution < 1.29 is 4.39 Å². The monoisotopic (exact) mass is 366 g/mol. The maximum absolute atomic E-state index is 14.7. The summed E-state index contributed by atoms with van der Waals surface area (Å²) in [5.41, 5.74) is 4.82. The van der Waals surface area contributed by atoms with Gasteiger partial charge >= 0.3 is 0 Å². The van der Waals surface area contributed by atoms with Crippen LogP contribution in [0, 0.1) is 11.7 Å². The fourth-order valence-electron chi connectivity index (χ4n) is 4.68. The number of hydrogen-bond acceptors (Lipinski definition) is 0. The summed E-state index contributed by atoms with van der Waals surface area (Å²) in [5, 5.41) is 0. The fourth-order valence-corrected chi connectivity index (χ4v) is 4.68. The first-order valence-corrected chi connectivity index (χ1v) is 11.1. The third-order valence-electron chi connectivity index (χ3n) is 6.31. The number of halogens is 1. The van der Waals surface area contributed by atoms with Crippen LogP contribution in [-0.2, 0) is 19.3 Å². The van der Waals surface area contributed by atoms with E-state index in [2.05, 4.69) is 50.2 Å². The highest BCUT2D eigenvalue weighted by Crippen LogP contribution is 2.38. The van der Waals surface area contributed by atoms with Crippen molar-refractivity contribution in [1.29, 1.82) is 0 Å². The van der Waals surface area contributed by atoms with Crippen LogP contribution >= 0.6 is 0 Å². The average molecular weight is 367 g/mol. The van der Waals surface area contributed by atoms with E-state index in [1.165, 1.54) is 43.2 Å². The Morgan fingerprint density at radius 3 is 1.93 bits per heavy atom. The lowest BCUT2D eigenvalue weighted by Gasteiger charge is -2.29. The van der Waals surface area contributed by atoms with Crippen LogP contribution in [-0.4, -0.2) is 0 Å². The molecule has 0 radical (unpaired) electrons. The van der Waals surface area contributed by atoms with Gasteiger partial charge in [-0.15, -0.1) is 0 Å². The maximum Gasteiger partial charge on any atom is 0.126 e. The minimum absolute atomic E-state index is 0.0183. The van der Waals surface area contributed by atoms with Gasteiger partial charge in [-0.2, -0.15) is 0 Å². The van der Waals surface area contributed by atoms with E-state index >= 15 is 0 Å². The first-order chi connectivity index (χ1) is 13.2. The second-order valence-electron chi connectivity index (χ2n) is 8.43. The molecule has 146 valence electrons. The third kappa shape index (κ3) is 5.67. The van der Waals surface area contributed by atoms with Crippen LogP contribution in [0.1, 0.15) is 87.0 Å². The zero-order chi connectivity index (χ0) is 19.1. The predicted octanol–water partition coefficient (Wildman–Crippen LogP) is 7.64. The van der Waals surface area contributed by atoms with Crippen molar-refractivity contribution in [2.45, 2.75) is 84.0 Å². The first kappa shape index (κ1) is 20.1. The summed E-state index contributed by atoms with van der Waals surface area (Å²) < 4.78 is 14.7. The molecule has 0 aromatic heterocycles. The summed E-state index contributed by atoms with van der Waals surface area (Å²) in [6.45, 7) is 4.48. The van der Waals surface area contributed by atoms with Crippen molar-refractivity contribution in [3.63, 3.8) is 0 Å². The molecule has 0 atom stereocenters. The van der Waals surface area contributed by atoms with Crippen molar-refractivity contribution in [1.82, 2.24) is 0 Å². The normalized spacial score (nSPS) is 20.0. The molecule has 1 heteroatoms. The molecule has 27 heavy (non-hydrogen) atoms. The highest BCUT2D eigenvalue weighted by molar-refractivity contribution is 5.29. The molecular formula is C26H35F. The topological polar surface area (TPSA) is 0 Å². The van der Waals surface area contributed by atoms with E-state index in [4.69, 9.17) is 0 Å². The zero-order valence-corrected chi connectivity index (χ0v) is 17.1.